The Morgan fingerprint density at radius 2 is 2.13 bits per heavy atom. The molecular weight excluding hydrogens is 356 g/mol. The van der Waals surface area contributed by atoms with Crippen LogP contribution in [0.4, 0.5) is 0 Å². The van der Waals surface area contributed by atoms with Gasteiger partial charge in [0.15, 0.2) is 5.82 Å². The predicted molar refractivity (Wildman–Crippen MR) is 100 cm³/mol. The molecule has 124 valence electrons. The van der Waals surface area contributed by atoms with Crippen molar-refractivity contribution < 1.29 is 0 Å². The third-order valence-corrected chi connectivity index (χ3v) is 3.59. The molecular formula is C17H23BrN4O. The summed E-state index contributed by atoms with van der Waals surface area (Å²) in [6, 6.07) is 1.40. The van der Waals surface area contributed by atoms with E-state index in [4.69, 9.17) is 5.73 Å². The number of rotatable bonds is 4. The molecule has 1 atom stereocenters. The fraction of sp³-hybridized carbons (Fsp3) is 0.294. The second-order valence-corrected chi connectivity index (χ2v) is 5.43. The molecule has 23 heavy (non-hydrogen) atoms. The summed E-state index contributed by atoms with van der Waals surface area (Å²) in [5.74, 6) is 0.488. The van der Waals surface area contributed by atoms with Crippen LogP contribution in [0.2, 0.25) is 0 Å². The van der Waals surface area contributed by atoms with Crippen molar-refractivity contribution in [1.82, 2.24) is 14.2 Å². The molecule has 2 heterocycles. The number of nitrogens with two attached hydrogens (primary N) is 1. The zero-order valence-electron chi connectivity index (χ0n) is 14.0. The van der Waals surface area contributed by atoms with Gasteiger partial charge in [-0.3, -0.25) is 9.36 Å². The van der Waals surface area contributed by atoms with Gasteiger partial charge in [-0.05, 0) is 48.0 Å². The minimum Gasteiger partial charge on any atom is -0.322 e. The average molecular weight is 379 g/mol. The highest BCUT2D eigenvalue weighted by atomic mass is 79.9. The van der Waals surface area contributed by atoms with Gasteiger partial charge in [-0.1, -0.05) is 32.6 Å². The molecule has 0 spiro atoms. The molecule has 2 aromatic rings. The molecule has 0 aliphatic carbocycles. The molecule has 0 saturated heterocycles. The van der Waals surface area contributed by atoms with Gasteiger partial charge in [0, 0.05) is 6.20 Å². The van der Waals surface area contributed by atoms with E-state index in [1.807, 2.05) is 32.9 Å². The van der Waals surface area contributed by atoms with Crippen LogP contribution >= 0.6 is 15.9 Å². The maximum absolute atomic E-state index is 12.8. The Morgan fingerprint density at radius 1 is 1.48 bits per heavy atom. The third kappa shape index (κ3) is 3.89. The van der Waals surface area contributed by atoms with Gasteiger partial charge < -0.3 is 5.73 Å². The van der Waals surface area contributed by atoms with Crippen molar-refractivity contribution in [3.8, 4) is 0 Å². The minimum absolute atomic E-state index is 0.180. The SMILES string of the molecule is C=C/C=C(\C=C/C)n1c(C(C)N)nn2ccc(Br)c2c1=O.CC. The van der Waals surface area contributed by atoms with Gasteiger partial charge in [-0.2, -0.15) is 5.10 Å². The Bertz CT molecular complexity index is 797. The number of hydrogen-bond donors (Lipinski definition) is 1. The Labute approximate surface area is 144 Å². The van der Waals surface area contributed by atoms with Gasteiger partial charge in [-0.25, -0.2) is 4.52 Å². The summed E-state index contributed by atoms with van der Waals surface area (Å²) >= 11 is 3.38. The largest absolute Gasteiger partial charge is 0.322 e. The van der Waals surface area contributed by atoms with E-state index in [0.717, 1.165) is 0 Å². The van der Waals surface area contributed by atoms with E-state index in [0.29, 0.717) is 21.5 Å². The summed E-state index contributed by atoms with van der Waals surface area (Å²) in [7, 11) is 0. The number of allylic oxidation sites excluding steroid dienone is 5. The Kier molecular flexibility index (Phi) is 7.19. The highest BCUT2D eigenvalue weighted by Gasteiger charge is 2.17. The van der Waals surface area contributed by atoms with Crippen molar-refractivity contribution in [3.05, 3.63) is 63.8 Å². The zero-order valence-corrected chi connectivity index (χ0v) is 15.5. The lowest BCUT2D eigenvalue weighted by atomic mass is 10.2. The third-order valence-electron chi connectivity index (χ3n) is 2.95. The minimum atomic E-state index is -0.387. The quantitative estimate of drug-likeness (QED) is 0.820. The van der Waals surface area contributed by atoms with E-state index < -0.39 is 0 Å². The summed E-state index contributed by atoms with van der Waals surface area (Å²) < 4.78 is 3.76. The standard InChI is InChI=1S/C15H17BrN4O.C2H6/c1-4-6-11(7-5-2)20-14(10(3)17)18-19-9-8-12(16)13(19)15(20)21;1-2/h4-10H,1,17H2,2-3H3;1-2H3/b7-5-,11-6+;. The highest BCUT2D eigenvalue weighted by Crippen LogP contribution is 2.18. The molecule has 0 aliphatic rings. The molecule has 0 aliphatic heterocycles. The van der Waals surface area contributed by atoms with Gasteiger partial charge in [0.25, 0.3) is 5.56 Å². The van der Waals surface area contributed by atoms with E-state index in [2.05, 4.69) is 27.6 Å². The van der Waals surface area contributed by atoms with Gasteiger partial charge in [0.05, 0.1) is 16.2 Å². The topological polar surface area (TPSA) is 65.3 Å². The molecule has 0 amide bonds. The average Bonchev–Trinajstić information content (AvgIpc) is 2.90. The molecule has 1 unspecified atom stereocenters. The molecule has 6 heteroatoms. The van der Waals surface area contributed by atoms with Gasteiger partial charge in [0.1, 0.15) is 5.52 Å². The predicted octanol–water partition coefficient (Wildman–Crippen LogP) is 3.91. The first-order valence-corrected chi connectivity index (χ1v) is 8.31. The lowest BCUT2D eigenvalue weighted by molar-refractivity contribution is 0.654. The summed E-state index contributed by atoms with van der Waals surface area (Å²) in [6.45, 7) is 11.4. The van der Waals surface area contributed by atoms with Crippen LogP contribution in [0.15, 0.2) is 52.4 Å². The van der Waals surface area contributed by atoms with Crippen LogP contribution in [0.25, 0.3) is 11.2 Å². The van der Waals surface area contributed by atoms with Gasteiger partial charge in [0.2, 0.25) is 0 Å². The second-order valence-electron chi connectivity index (χ2n) is 4.57. The van der Waals surface area contributed by atoms with Crippen molar-refractivity contribution in [1.29, 1.82) is 0 Å². The van der Waals surface area contributed by atoms with E-state index in [1.54, 1.807) is 35.9 Å². The first-order valence-electron chi connectivity index (χ1n) is 7.52. The van der Waals surface area contributed by atoms with E-state index in [9.17, 15) is 4.79 Å². The maximum Gasteiger partial charge on any atom is 0.283 e. The van der Waals surface area contributed by atoms with E-state index in [1.165, 1.54) is 4.57 Å². The molecule has 2 rings (SSSR count). The number of aromatic nitrogens is 3. The number of nitrogens with zero attached hydrogens (tertiary/aromatic N) is 3. The molecule has 0 fully saturated rings. The van der Waals surface area contributed by atoms with Gasteiger partial charge >= 0.3 is 0 Å². The molecule has 5 nitrogen and oxygen atoms in total. The normalized spacial score (nSPS) is 13.0. The van der Waals surface area contributed by atoms with Crippen LogP contribution in [0.3, 0.4) is 0 Å². The summed E-state index contributed by atoms with van der Waals surface area (Å²) in [6.07, 6.45) is 8.78. The van der Waals surface area contributed by atoms with Crippen LogP contribution in [-0.4, -0.2) is 14.2 Å². The maximum atomic E-state index is 12.8. The lowest BCUT2D eigenvalue weighted by Crippen LogP contribution is -2.30. The fourth-order valence-electron chi connectivity index (χ4n) is 2.09. The molecule has 0 saturated carbocycles. The molecule has 0 radical (unpaired) electrons. The second kappa shape index (κ2) is 8.64. The Balaban J connectivity index is 0.00000127. The Hall–Kier alpha value is -1.92. The summed E-state index contributed by atoms with van der Waals surface area (Å²) in [5.41, 5.74) is 6.95. The number of halogens is 1. The molecule has 2 N–H and O–H groups in total. The highest BCUT2D eigenvalue weighted by molar-refractivity contribution is 9.10. The smallest absolute Gasteiger partial charge is 0.283 e. The first kappa shape index (κ1) is 19.1. The monoisotopic (exact) mass is 378 g/mol. The van der Waals surface area contributed by atoms with Crippen molar-refractivity contribution in [2.24, 2.45) is 5.73 Å². The van der Waals surface area contributed by atoms with Crippen molar-refractivity contribution in [2.75, 3.05) is 0 Å². The fourth-order valence-corrected chi connectivity index (χ4v) is 2.56. The first-order chi connectivity index (χ1) is 11.0. The number of fused-ring (bicyclic) bond motifs is 1. The van der Waals surface area contributed by atoms with Crippen LogP contribution in [0, 0.1) is 0 Å². The van der Waals surface area contributed by atoms with Crippen LogP contribution in [-0.2, 0) is 0 Å². The molecule has 2 aromatic heterocycles. The van der Waals surface area contributed by atoms with Crippen molar-refractivity contribution in [3.63, 3.8) is 0 Å². The summed E-state index contributed by atoms with van der Waals surface area (Å²) in [5, 5.41) is 4.46. The van der Waals surface area contributed by atoms with Crippen LogP contribution in [0.1, 0.15) is 39.6 Å². The lowest BCUT2D eigenvalue weighted by Gasteiger charge is -2.15. The molecule has 0 aromatic carbocycles. The van der Waals surface area contributed by atoms with E-state index >= 15 is 0 Å². The summed E-state index contributed by atoms with van der Waals surface area (Å²) in [4.78, 5) is 12.8. The Morgan fingerprint density at radius 3 is 2.65 bits per heavy atom. The van der Waals surface area contributed by atoms with Crippen molar-refractivity contribution >= 4 is 27.1 Å². The van der Waals surface area contributed by atoms with Crippen molar-refractivity contribution in [2.45, 2.75) is 33.7 Å². The van der Waals surface area contributed by atoms with Crippen LogP contribution in [0.5, 0.6) is 0 Å². The zero-order chi connectivity index (χ0) is 17.6. The van der Waals surface area contributed by atoms with Gasteiger partial charge in [-0.15, -0.1) is 0 Å². The molecule has 0 bridgehead atoms. The van der Waals surface area contributed by atoms with Crippen LogP contribution < -0.4 is 11.3 Å². The van der Waals surface area contributed by atoms with E-state index in [-0.39, 0.29) is 11.6 Å². The number of hydrogen-bond acceptors (Lipinski definition) is 3.